The van der Waals surface area contributed by atoms with Gasteiger partial charge in [-0.1, -0.05) is 18.2 Å². The van der Waals surface area contributed by atoms with Crippen molar-refractivity contribution in [2.24, 2.45) is 0 Å². The summed E-state index contributed by atoms with van der Waals surface area (Å²) in [6, 6.07) is 9.01. The summed E-state index contributed by atoms with van der Waals surface area (Å²) in [6.45, 7) is 0. The Labute approximate surface area is 112 Å². The fourth-order valence-corrected chi connectivity index (χ4v) is 1.65. The van der Waals surface area contributed by atoms with Gasteiger partial charge in [0.15, 0.2) is 5.76 Å². The lowest BCUT2D eigenvalue weighted by atomic mass is 10.2. The zero-order valence-electron chi connectivity index (χ0n) is 8.76. The first kappa shape index (κ1) is 11.9. The van der Waals surface area contributed by atoms with Crippen LogP contribution in [0.3, 0.4) is 0 Å². The SMILES string of the molecule is O=c1ccoc(/C=C/c2ccc(I)cc2)c1O. The van der Waals surface area contributed by atoms with Gasteiger partial charge in [0.2, 0.25) is 11.2 Å². The highest BCUT2D eigenvalue weighted by Crippen LogP contribution is 2.15. The molecule has 0 bridgehead atoms. The molecule has 3 nitrogen and oxygen atoms in total. The van der Waals surface area contributed by atoms with E-state index < -0.39 is 5.43 Å². The molecule has 0 saturated heterocycles. The van der Waals surface area contributed by atoms with E-state index in [4.69, 9.17) is 4.42 Å². The summed E-state index contributed by atoms with van der Waals surface area (Å²) in [5.41, 5.74) is 0.523. The van der Waals surface area contributed by atoms with Gasteiger partial charge in [0.05, 0.1) is 6.26 Å². The molecule has 0 unspecified atom stereocenters. The van der Waals surface area contributed by atoms with E-state index in [-0.39, 0.29) is 11.5 Å². The van der Waals surface area contributed by atoms with Crippen molar-refractivity contribution in [1.29, 1.82) is 0 Å². The first-order chi connectivity index (χ1) is 8.16. The molecule has 0 spiro atoms. The van der Waals surface area contributed by atoms with Crippen LogP contribution in [0.1, 0.15) is 11.3 Å². The minimum atomic E-state index is -0.446. The number of halogens is 1. The summed E-state index contributed by atoms with van der Waals surface area (Å²) >= 11 is 2.22. The molecule has 1 aromatic heterocycles. The minimum absolute atomic E-state index is 0.163. The number of benzene rings is 1. The molecular formula is C13H9IO3. The van der Waals surface area contributed by atoms with Gasteiger partial charge in [-0.25, -0.2) is 0 Å². The Kier molecular flexibility index (Phi) is 3.63. The van der Waals surface area contributed by atoms with E-state index >= 15 is 0 Å². The summed E-state index contributed by atoms with van der Waals surface area (Å²) in [6.07, 6.45) is 4.60. The third-order valence-electron chi connectivity index (χ3n) is 2.18. The fourth-order valence-electron chi connectivity index (χ4n) is 1.29. The Morgan fingerprint density at radius 1 is 1.12 bits per heavy atom. The van der Waals surface area contributed by atoms with E-state index in [1.165, 1.54) is 12.3 Å². The molecule has 1 heterocycles. The van der Waals surface area contributed by atoms with Gasteiger partial charge in [0.25, 0.3) is 0 Å². The van der Waals surface area contributed by atoms with Crippen LogP contribution >= 0.6 is 22.6 Å². The number of hydrogen-bond acceptors (Lipinski definition) is 3. The van der Waals surface area contributed by atoms with Crippen molar-refractivity contribution >= 4 is 34.7 Å². The van der Waals surface area contributed by atoms with Gasteiger partial charge in [0.1, 0.15) is 0 Å². The van der Waals surface area contributed by atoms with Crippen LogP contribution < -0.4 is 5.43 Å². The maximum atomic E-state index is 11.2. The molecule has 2 rings (SSSR count). The molecule has 0 radical (unpaired) electrons. The average Bonchev–Trinajstić information content (AvgIpc) is 2.33. The van der Waals surface area contributed by atoms with Gasteiger partial charge in [0, 0.05) is 9.64 Å². The topological polar surface area (TPSA) is 50.4 Å². The van der Waals surface area contributed by atoms with Crippen molar-refractivity contribution in [3.63, 3.8) is 0 Å². The lowest BCUT2D eigenvalue weighted by Crippen LogP contribution is -1.97. The standard InChI is InChI=1S/C13H9IO3/c14-10-4-1-9(2-5-10)3-6-12-13(16)11(15)7-8-17-12/h1-8,16H/b6-3+. The fraction of sp³-hybridized carbons (Fsp3) is 0. The molecular weight excluding hydrogens is 331 g/mol. The predicted molar refractivity (Wildman–Crippen MR) is 74.7 cm³/mol. The zero-order valence-corrected chi connectivity index (χ0v) is 10.9. The highest BCUT2D eigenvalue weighted by atomic mass is 127. The van der Waals surface area contributed by atoms with E-state index in [9.17, 15) is 9.90 Å². The molecule has 0 fully saturated rings. The largest absolute Gasteiger partial charge is 0.502 e. The second-order valence-corrected chi connectivity index (χ2v) is 4.63. The maximum Gasteiger partial charge on any atom is 0.227 e. The summed E-state index contributed by atoms with van der Waals surface area (Å²) in [7, 11) is 0. The molecule has 4 heteroatoms. The predicted octanol–water partition coefficient (Wildman–Crippen LogP) is 3.12. The van der Waals surface area contributed by atoms with Gasteiger partial charge in [-0.2, -0.15) is 0 Å². The molecule has 1 aromatic carbocycles. The van der Waals surface area contributed by atoms with Crippen LogP contribution in [0.25, 0.3) is 12.2 Å². The Hall–Kier alpha value is -1.56. The molecule has 0 saturated carbocycles. The molecule has 0 aliphatic rings. The average molecular weight is 340 g/mol. The maximum absolute atomic E-state index is 11.2. The monoisotopic (exact) mass is 340 g/mol. The van der Waals surface area contributed by atoms with Gasteiger partial charge in [-0.15, -0.1) is 0 Å². The van der Waals surface area contributed by atoms with Crippen LogP contribution in [0.4, 0.5) is 0 Å². The van der Waals surface area contributed by atoms with E-state index in [1.807, 2.05) is 24.3 Å². The minimum Gasteiger partial charge on any atom is -0.502 e. The normalized spacial score (nSPS) is 10.9. The van der Waals surface area contributed by atoms with Crippen molar-refractivity contribution in [2.45, 2.75) is 0 Å². The molecule has 0 aliphatic heterocycles. The molecule has 17 heavy (non-hydrogen) atoms. The lowest BCUT2D eigenvalue weighted by Gasteiger charge is -1.96. The molecule has 86 valence electrons. The Morgan fingerprint density at radius 2 is 1.82 bits per heavy atom. The van der Waals surface area contributed by atoms with Crippen LogP contribution in [0.2, 0.25) is 0 Å². The van der Waals surface area contributed by atoms with Crippen LogP contribution in [-0.2, 0) is 0 Å². The molecule has 0 aliphatic carbocycles. The highest BCUT2D eigenvalue weighted by Gasteiger charge is 2.02. The van der Waals surface area contributed by atoms with Crippen LogP contribution in [-0.4, -0.2) is 5.11 Å². The number of aromatic hydroxyl groups is 1. The van der Waals surface area contributed by atoms with Crippen molar-refractivity contribution < 1.29 is 9.52 Å². The Bertz CT molecular complexity index is 597. The van der Waals surface area contributed by atoms with E-state index in [1.54, 1.807) is 12.2 Å². The van der Waals surface area contributed by atoms with Crippen molar-refractivity contribution in [3.8, 4) is 5.75 Å². The summed E-state index contributed by atoms with van der Waals surface area (Å²) in [5.74, 6) is -0.203. The Morgan fingerprint density at radius 3 is 2.53 bits per heavy atom. The van der Waals surface area contributed by atoms with Crippen LogP contribution in [0.5, 0.6) is 5.75 Å². The molecule has 2 aromatic rings. The Balaban J connectivity index is 2.29. The van der Waals surface area contributed by atoms with Crippen molar-refractivity contribution in [1.82, 2.24) is 0 Å². The van der Waals surface area contributed by atoms with Crippen LogP contribution in [0.15, 0.2) is 45.8 Å². The molecule has 0 amide bonds. The van der Waals surface area contributed by atoms with Gasteiger partial charge in [-0.3, -0.25) is 4.79 Å². The smallest absolute Gasteiger partial charge is 0.227 e. The third kappa shape index (κ3) is 2.97. The van der Waals surface area contributed by atoms with Crippen molar-refractivity contribution in [3.05, 3.63) is 61.7 Å². The van der Waals surface area contributed by atoms with Crippen molar-refractivity contribution in [2.75, 3.05) is 0 Å². The molecule has 0 atom stereocenters. The number of rotatable bonds is 2. The lowest BCUT2D eigenvalue weighted by molar-refractivity contribution is 0.424. The zero-order chi connectivity index (χ0) is 12.3. The van der Waals surface area contributed by atoms with E-state index in [2.05, 4.69) is 22.6 Å². The summed E-state index contributed by atoms with van der Waals surface area (Å²) < 4.78 is 6.19. The summed E-state index contributed by atoms with van der Waals surface area (Å²) in [5, 5.41) is 9.46. The highest BCUT2D eigenvalue weighted by molar-refractivity contribution is 14.1. The van der Waals surface area contributed by atoms with Crippen LogP contribution in [0, 0.1) is 3.57 Å². The number of hydrogen-bond donors (Lipinski definition) is 1. The van der Waals surface area contributed by atoms with Gasteiger partial charge in [-0.05, 0) is 46.4 Å². The second-order valence-electron chi connectivity index (χ2n) is 3.38. The van der Waals surface area contributed by atoms with Gasteiger partial charge >= 0.3 is 0 Å². The van der Waals surface area contributed by atoms with E-state index in [0.717, 1.165) is 9.13 Å². The third-order valence-corrected chi connectivity index (χ3v) is 2.90. The quantitative estimate of drug-likeness (QED) is 0.855. The molecule has 1 N–H and O–H groups in total. The summed E-state index contributed by atoms with van der Waals surface area (Å²) in [4.78, 5) is 11.2. The van der Waals surface area contributed by atoms with E-state index in [0.29, 0.717) is 0 Å². The first-order valence-electron chi connectivity index (χ1n) is 4.91. The van der Waals surface area contributed by atoms with Gasteiger partial charge < -0.3 is 9.52 Å². The first-order valence-corrected chi connectivity index (χ1v) is 5.99. The second kappa shape index (κ2) is 5.18.